The summed E-state index contributed by atoms with van der Waals surface area (Å²) in [6, 6.07) is 10.5. The monoisotopic (exact) mass is 192 g/mol. The lowest BCUT2D eigenvalue weighted by molar-refractivity contribution is 0.250. The Morgan fingerprint density at radius 3 is 2.43 bits per heavy atom. The van der Waals surface area contributed by atoms with Gasteiger partial charge in [-0.1, -0.05) is 50.1 Å². The van der Waals surface area contributed by atoms with E-state index in [0.717, 1.165) is 12.8 Å². The molecule has 0 radical (unpaired) electrons. The summed E-state index contributed by atoms with van der Waals surface area (Å²) in [4.78, 5) is 0. The third-order valence-electron chi connectivity index (χ3n) is 2.60. The molecule has 0 bridgehead atoms. The van der Waals surface area contributed by atoms with Gasteiger partial charge in [0.25, 0.3) is 0 Å². The number of aliphatic hydroxyl groups is 1. The van der Waals surface area contributed by atoms with Crippen LogP contribution in [0.4, 0.5) is 0 Å². The minimum Gasteiger partial charge on any atom is -0.396 e. The van der Waals surface area contributed by atoms with Gasteiger partial charge in [0, 0.05) is 6.61 Å². The maximum atomic E-state index is 8.94. The highest BCUT2D eigenvalue weighted by molar-refractivity contribution is 5.15. The molecule has 0 spiro atoms. The fraction of sp³-hybridized carbons (Fsp3) is 0.538. The van der Waals surface area contributed by atoms with Crippen LogP contribution >= 0.6 is 0 Å². The van der Waals surface area contributed by atoms with Crippen molar-refractivity contribution in [2.45, 2.75) is 32.6 Å². The van der Waals surface area contributed by atoms with Crippen LogP contribution in [0.1, 0.15) is 31.7 Å². The van der Waals surface area contributed by atoms with Gasteiger partial charge in [0.05, 0.1) is 0 Å². The highest BCUT2D eigenvalue weighted by atomic mass is 16.3. The zero-order chi connectivity index (χ0) is 10.2. The number of benzene rings is 1. The summed E-state index contributed by atoms with van der Waals surface area (Å²) in [5, 5.41) is 8.94. The third kappa shape index (κ3) is 3.93. The first-order valence-corrected chi connectivity index (χ1v) is 5.51. The molecule has 0 heterocycles. The molecule has 1 nitrogen and oxygen atoms in total. The molecule has 14 heavy (non-hydrogen) atoms. The molecule has 1 atom stereocenters. The first-order valence-electron chi connectivity index (χ1n) is 5.51. The van der Waals surface area contributed by atoms with E-state index in [2.05, 4.69) is 31.2 Å². The molecule has 0 aromatic heterocycles. The van der Waals surface area contributed by atoms with E-state index in [-0.39, 0.29) is 0 Å². The first-order chi connectivity index (χ1) is 6.86. The van der Waals surface area contributed by atoms with Crippen molar-refractivity contribution >= 4 is 0 Å². The molecule has 1 heteroatoms. The van der Waals surface area contributed by atoms with Gasteiger partial charge in [0.15, 0.2) is 0 Å². The minimum absolute atomic E-state index is 0.317. The van der Waals surface area contributed by atoms with Gasteiger partial charge in [0.2, 0.25) is 0 Å². The molecule has 78 valence electrons. The topological polar surface area (TPSA) is 20.2 Å². The lowest BCUT2D eigenvalue weighted by Crippen LogP contribution is -2.06. The van der Waals surface area contributed by atoms with Gasteiger partial charge >= 0.3 is 0 Å². The van der Waals surface area contributed by atoms with Crippen LogP contribution in [0.2, 0.25) is 0 Å². The number of aliphatic hydroxyl groups excluding tert-OH is 1. The Bertz CT molecular complexity index is 224. The molecule has 0 aliphatic heterocycles. The average molecular weight is 192 g/mol. The standard InChI is InChI=1S/C13H20O/c1-2-6-12(9-10-14)11-13-7-4-3-5-8-13/h3-5,7-8,12,14H,2,6,9-11H2,1H3/t12-/m1/s1. The lowest BCUT2D eigenvalue weighted by atomic mass is 9.92. The minimum atomic E-state index is 0.317. The maximum Gasteiger partial charge on any atom is 0.0433 e. The van der Waals surface area contributed by atoms with Gasteiger partial charge in [-0.15, -0.1) is 0 Å². The number of rotatable bonds is 6. The summed E-state index contributed by atoms with van der Waals surface area (Å²) in [6.07, 6.45) is 4.46. The Morgan fingerprint density at radius 1 is 1.14 bits per heavy atom. The first kappa shape index (κ1) is 11.3. The second-order valence-electron chi connectivity index (χ2n) is 3.86. The zero-order valence-corrected chi connectivity index (χ0v) is 8.95. The molecule has 0 fully saturated rings. The van der Waals surface area contributed by atoms with Gasteiger partial charge in [-0.3, -0.25) is 0 Å². The fourth-order valence-electron chi connectivity index (χ4n) is 1.89. The summed E-state index contributed by atoms with van der Waals surface area (Å²) >= 11 is 0. The van der Waals surface area contributed by atoms with E-state index in [9.17, 15) is 0 Å². The van der Waals surface area contributed by atoms with Crippen LogP contribution in [-0.4, -0.2) is 11.7 Å². The van der Waals surface area contributed by atoms with E-state index in [1.54, 1.807) is 0 Å². The van der Waals surface area contributed by atoms with Crippen LogP contribution in [0.15, 0.2) is 30.3 Å². The second kappa shape index (κ2) is 6.61. The quantitative estimate of drug-likeness (QED) is 0.734. The van der Waals surface area contributed by atoms with Crippen LogP contribution < -0.4 is 0 Å². The average Bonchev–Trinajstić information content (AvgIpc) is 2.20. The summed E-state index contributed by atoms with van der Waals surface area (Å²) in [5.74, 6) is 0.646. The highest BCUT2D eigenvalue weighted by Crippen LogP contribution is 2.17. The van der Waals surface area contributed by atoms with Crippen molar-refractivity contribution in [1.82, 2.24) is 0 Å². The number of hydrogen-bond donors (Lipinski definition) is 1. The molecule has 0 unspecified atom stereocenters. The van der Waals surface area contributed by atoms with Crippen molar-refractivity contribution in [3.8, 4) is 0 Å². The second-order valence-corrected chi connectivity index (χ2v) is 3.86. The van der Waals surface area contributed by atoms with Gasteiger partial charge in [0.1, 0.15) is 0 Å². The molecule has 1 aromatic carbocycles. The molecular formula is C13H20O. The molecule has 0 saturated heterocycles. The molecule has 0 aliphatic rings. The van der Waals surface area contributed by atoms with E-state index >= 15 is 0 Å². The molecule has 1 N–H and O–H groups in total. The predicted molar refractivity (Wildman–Crippen MR) is 60.2 cm³/mol. The third-order valence-corrected chi connectivity index (χ3v) is 2.60. The normalized spacial score (nSPS) is 12.7. The van der Waals surface area contributed by atoms with E-state index in [0.29, 0.717) is 12.5 Å². The Morgan fingerprint density at radius 2 is 1.86 bits per heavy atom. The van der Waals surface area contributed by atoms with E-state index in [4.69, 9.17) is 5.11 Å². The molecule has 0 aliphatic carbocycles. The summed E-state index contributed by atoms with van der Waals surface area (Å²) in [6.45, 7) is 2.52. The molecule has 1 aromatic rings. The van der Waals surface area contributed by atoms with Gasteiger partial charge in [-0.2, -0.15) is 0 Å². The van der Waals surface area contributed by atoms with Crippen LogP contribution in [0.25, 0.3) is 0 Å². The summed E-state index contributed by atoms with van der Waals surface area (Å²) in [5.41, 5.74) is 1.39. The van der Waals surface area contributed by atoms with E-state index in [1.165, 1.54) is 18.4 Å². The van der Waals surface area contributed by atoms with Crippen LogP contribution in [0, 0.1) is 5.92 Å². The summed E-state index contributed by atoms with van der Waals surface area (Å²) in [7, 11) is 0. The van der Waals surface area contributed by atoms with Crippen molar-refractivity contribution in [3.63, 3.8) is 0 Å². The lowest BCUT2D eigenvalue weighted by Gasteiger charge is -2.14. The van der Waals surface area contributed by atoms with Crippen LogP contribution in [-0.2, 0) is 6.42 Å². The van der Waals surface area contributed by atoms with Gasteiger partial charge < -0.3 is 5.11 Å². The summed E-state index contributed by atoms with van der Waals surface area (Å²) < 4.78 is 0. The van der Waals surface area contributed by atoms with Crippen LogP contribution in [0.5, 0.6) is 0 Å². The Hall–Kier alpha value is -0.820. The largest absolute Gasteiger partial charge is 0.396 e. The molecule has 0 saturated carbocycles. The predicted octanol–water partition coefficient (Wildman–Crippen LogP) is 3.03. The van der Waals surface area contributed by atoms with Crippen molar-refractivity contribution < 1.29 is 5.11 Å². The van der Waals surface area contributed by atoms with Gasteiger partial charge in [-0.25, -0.2) is 0 Å². The smallest absolute Gasteiger partial charge is 0.0433 e. The van der Waals surface area contributed by atoms with Crippen molar-refractivity contribution in [1.29, 1.82) is 0 Å². The Balaban J connectivity index is 2.46. The SMILES string of the molecule is CCC[C@H](CCO)Cc1ccccc1. The number of hydrogen-bond acceptors (Lipinski definition) is 1. The van der Waals surface area contributed by atoms with E-state index in [1.807, 2.05) is 6.07 Å². The molecular weight excluding hydrogens is 172 g/mol. The highest BCUT2D eigenvalue weighted by Gasteiger charge is 2.07. The Kier molecular flexibility index (Phi) is 5.31. The van der Waals surface area contributed by atoms with E-state index < -0.39 is 0 Å². The Labute approximate surface area is 86.8 Å². The van der Waals surface area contributed by atoms with Gasteiger partial charge in [-0.05, 0) is 24.3 Å². The zero-order valence-electron chi connectivity index (χ0n) is 8.95. The molecule has 0 amide bonds. The van der Waals surface area contributed by atoms with Crippen molar-refractivity contribution in [3.05, 3.63) is 35.9 Å². The van der Waals surface area contributed by atoms with Crippen molar-refractivity contribution in [2.75, 3.05) is 6.61 Å². The van der Waals surface area contributed by atoms with Crippen LogP contribution in [0.3, 0.4) is 0 Å². The maximum absolute atomic E-state index is 8.94. The molecule has 1 rings (SSSR count). The fourth-order valence-corrected chi connectivity index (χ4v) is 1.89. The van der Waals surface area contributed by atoms with Crippen molar-refractivity contribution in [2.24, 2.45) is 5.92 Å².